The first kappa shape index (κ1) is 26.8. The second-order valence-electron chi connectivity index (χ2n) is 11.3. The maximum absolute atomic E-state index is 13.4. The van der Waals surface area contributed by atoms with Crippen molar-refractivity contribution < 1.29 is 9.50 Å². The minimum absolute atomic E-state index is 0.300. The van der Waals surface area contributed by atoms with Crippen LogP contribution < -0.4 is 15.5 Å². The number of nitrogens with two attached hydrogens (primary N) is 1. The summed E-state index contributed by atoms with van der Waals surface area (Å²) in [6, 6.07) is 8.25. The van der Waals surface area contributed by atoms with E-state index in [1.165, 1.54) is 12.1 Å². The Kier molecular flexibility index (Phi) is 6.66. The Morgan fingerprint density at radius 3 is 2.22 bits per heavy atom. The van der Waals surface area contributed by atoms with Crippen molar-refractivity contribution in [3.63, 3.8) is 0 Å². The predicted molar refractivity (Wildman–Crippen MR) is 154 cm³/mol. The van der Waals surface area contributed by atoms with Crippen LogP contribution in [0.2, 0.25) is 0 Å². The Labute approximate surface area is 237 Å². The molecule has 41 heavy (non-hydrogen) atoms. The van der Waals surface area contributed by atoms with Gasteiger partial charge in [0.25, 0.3) is 0 Å². The largest absolute Gasteiger partial charge is 0.389 e. The molecule has 12 heteroatoms. The van der Waals surface area contributed by atoms with E-state index in [1.54, 1.807) is 55.6 Å². The van der Waals surface area contributed by atoms with Gasteiger partial charge in [0, 0.05) is 67.7 Å². The number of aliphatic hydroxyl groups is 1. The third-order valence-electron chi connectivity index (χ3n) is 7.44. The zero-order valence-corrected chi connectivity index (χ0v) is 23.3. The molecule has 0 aliphatic carbocycles. The fourth-order valence-electron chi connectivity index (χ4n) is 5.15. The summed E-state index contributed by atoms with van der Waals surface area (Å²) in [6.45, 7) is 8.73. The zero-order chi connectivity index (χ0) is 28.8. The lowest BCUT2D eigenvalue weighted by molar-refractivity contribution is 0.0577. The summed E-state index contributed by atoms with van der Waals surface area (Å²) in [4.78, 5) is 18.2. The highest BCUT2D eigenvalue weighted by molar-refractivity contribution is 5.77. The van der Waals surface area contributed by atoms with Crippen molar-refractivity contribution in [2.75, 3.05) is 36.0 Å². The van der Waals surface area contributed by atoms with Crippen molar-refractivity contribution in [2.24, 2.45) is 5.73 Å². The maximum Gasteiger partial charge on any atom is 0.225 e. The van der Waals surface area contributed by atoms with Gasteiger partial charge in [-0.1, -0.05) is 12.1 Å². The number of anilines is 2. The standard InChI is InChI=1S/C29H33FN10O/c1-28(2,41)18-39-16-21(13-35-39)20-12-25-26(34-19-36-40(25)17-20)37-8-10-38(11-9-37)27-32-14-23(15-33-27)29(3,31)22-4-6-24(30)7-5-22/h4-7,12-17,19,41H,8-11,18,31H2,1-3H3. The van der Waals surface area contributed by atoms with E-state index in [9.17, 15) is 9.50 Å². The molecule has 1 fully saturated rings. The number of halogens is 1. The maximum atomic E-state index is 13.4. The molecular formula is C29H33FN10O. The van der Waals surface area contributed by atoms with Crippen LogP contribution in [0.3, 0.4) is 0 Å². The fourth-order valence-corrected chi connectivity index (χ4v) is 5.15. The van der Waals surface area contributed by atoms with E-state index in [2.05, 4.69) is 41.0 Å². The van der Waals surface area contributed by atoms with Crippen LogP contribution >= 0.6 is 0 Å². The Balaban J connectivity index is 1.15. The van der Waals surface area contributed by atoms with Gasteiger partial charge >= 0.3 is 0 Å². The van der Waals surface area contributed by atoms with E-state index in [0.29, 0.717) is 12.5 Å². The van der Waals surface area contributed by atoms with Gasteiger partial charge in [-0.3, -0.25) is 4.68 Å². The molecule has 0 spiro atoms. The van der Waals surface area contributed by atoms with Crippen LogP contribution in [0.15, 0.2) is 67.6 Å². The molecule has 1 atom stereocenters. The van der Waals surface area contributed by atoms with Crippen LogP contribution in [0.25, 0.3) is 16.6 Å². The van der Waals surface area contributed by atoms with Gasteiger partial charge in [-0.2, -0.15) is 10.2 Å². The normalized spacial score (nSPS) is 15.9. The summed E-state index contributed by atoms with van der Waals surface area (Å²) in [5, 5.41) is 18.9. The number of nitrogens with zero attached hydrogens (tertiary/aromatic N) is 9. The van der Waals surface area contributed by atoms with Gasteiger partial charge in [0.2, 0.25) is 5.95 Å². The Morgan fingerprint density at radius 1 is 0.854 bits per heavy atom. The molecule has 1 aliphatic rings. The zero-order valence-electron chi connectivity index (χ0n) is 23.3. The predicted octanol–water partition coefficient (Wildman–Crippen LogP) is 2.84. The topological polar surface area (TPSA) is 127 Å². The third kappa shape index (κ3) is 5.48. The lowest BCUT2D eigenvalue weighted by Crippen LogP contribution is -2.47. The second kappa shape index (κ2) is 10.2. The molecule has 6 rings (SSSR count). The molecule has 1 saturated heterocycles. The first-order valence-corrected chi connectivity index (χ1v) is 13.5. The summed E-state index contributed by atoms with van der Waals surface area (Å²) in [6.07, 6.45) is 10.8. The highest BCUT2D eigenvalue weighted by Gasteiger charge is 2.27. The number of rotatable bonds is 7. The van der Waals surface area contributed by atoms with Crippen molar-refractivity contribution in [1.29, 1.82) is 0 Å². The fraction of sp³-hybridized carbons (Fsp3) is 0.345. The number of fused-ring (bicyclic) bond motifs is 1. The van der Waals surface area contributed by atoms with E-state index < -0.39 is 11.1 Å². The van der Waals surface area contributed by atoms with Crippen molar-refractivity contribution in [3.8, 4) is 11.1 Å². The summed E-state index contributed by atoms with van der Waals surface area (Å²) in [5.41, 5.74) is 9.27. The minimum Gasteiger partial charge on any atom is -0.389 e. The molecule has 11 nitrogen and oxygen atoms in total. The van der Waals surface area contributed by atoms with E-state index >= 15 is 0 Å². The van der Waals surface area contributed by atoms with Gasteiger partial charge in [0.15, 0.2) is 5.82 Å². The molecule has 5 heterocycles. The van der Waals surface area contributed by atoms with E-state index in [1.807, 2.05) is 23.8 Å². The van der Waals surface area contributed by atoms with Crippen LogP contribution in [0.4, 0.5) is 16.2 Å². The molecule has 1 aliphatic heterocycles. The van der Waals surface area contributed by atoms with Crippen LogP contribution in [-0.2, 0) is 12.1 Å². The van der Waals surface area contributed by atoms with E-state index in [4.69, 9.17) is 5.73 Å². The van der Waals surface area contributed by atoms with Gasteiger partial charge in [-0.25, -0.2) is 23.9 Å². The van der Waals surface area contributed by atoms with Gasteiger partial charge in [-0.05, 0) is 44.5 Å². The molecule has 1 aromatic carbocycles. The minimum atomic E-state index is -0.850. The van der Waals surface area contributed by atoms with Gasteiger partial charge in [-0.15, -0.1) is 0 Å². The van der Waals surface area contributed by atoms with Crippen molar-refractivity contribution in [2.45, 2.75) is 38.5 Å². The molecule has 212 valence electrons. The lowest BCUT2D eigenvalue weighted by Gasteiger charge is -2.35. The molecule has 5 aromatic rings. The number of hydrogen-bond donors (Lipinski definition) is 2. The third-order valence-corrected chi connectivity index (χ3v) is 7.44. The van der Waals surface area contributed by atoms with Crippen LogP contribution in [0, 0.1) is 5.82 Å². The van der Waals surface area contributed by atoms with Crippen LogP contribution in [0.1, 0.15) is 31.9 Å². The van der Waals surface area contributed by atoms with Gasteiger partial charge < -0.3 is 20.6 Å². The SMILES string of the molecule is CC(C)(O)Cn1cc(-c2cc3c(N4CCN(c5ncc(C(C)(N)c6ccc(F)cc6)cn5)CC4)ncnn3c2)cn1. The lowest BCUT2D eigenvalue weighted by atomic mass is 9.87. The summed E-state index contributed by atoms with van der Waals surface area (Å²) in [5.74, 6) is 1.21. The molecule has 3 N–H and O–H groups in total. The van der Waals surface area contributed by atoms with Crippen molar-refractivity contribution >= 4 is 17.3 Å². The number of piperazine rings is 1. The highest BCUT2D eigenvalue weighted by Crippen LogP contribution is 2.29. The molecule has 0 radical (unpaired) electrons. The van der Waals surface area contributed by atoms with Gasteiger partial charge in [0.1, 0.15) is 17.7 Å². The Bertz CT molecular complexity index is 1650. The molecule has 0 amide bonds. The molecule has 0 bridgehead atoms. The van der Waals surface area contributed by atoms with Gasteiger partial charge in [0.05, 0.1) is 23.9 Å². The summed E-state index contributed by atoms with van der Waals surface area (Å²) < 4.78 is 17.0. The summed E-state index contributed by atoms with van der Waals surface area (Å²) >= 11 is 0. The first-order valence-electron chi connectivity index (χ1n) is 13.5. The van der Waals surface area contributed by atoms with Crippen molar-refractivity contribution in [3.05, 3.63) is 84.6 Å². The number of benzene rings is 1. The van der Waals surface area contributed by atoms with E-state index in [0.717, 1.165) is 59.8 Å². The average molecular weight is 557 g/mol. The smallest absolute Gasteiger partial charge is 0.225 e. The average Bonchev–Trinajstić information content (AvgIpc) is 3.59. The molecule has 4 aromatic heterocycles. The van der Waals surface area contributed by atoms with E-state index in [-0.39, 0.29) is 5.82 Å². The number of hydrogen-bond acceptors (Lipinski definition) is 9. The Morgan fingerprint density at radius 2 is 1.54 bits per heavy atom. The van der Waals surface area contributed by atoms with Crippen LogP contribution in [0.5, 0.6) is 0 Å². The Hall–Kier alpha value is -4.42. The number of aromatic nitrogens is 7. The quantitative estimate of drug-likeness (QED) is 0.311. The molecule has 0 saturated carbocycles. The first-order chi connectivity index (χ1) is 19.6. The monoisotopic (exact) mass is 556 g/mol. The molecule has 1 unspecified atom stereocenters. The molecular weight excluding hydrogens is 523 g/mol. The second-order valence-corrected chi connectivity index (χ2v) is 11.3. The summed E-state index contributed by atoms with van der Waals surface area (Å²) in [7, 11) is 0. The van der Waals surface area contributed by atoms with Crippen molar-refractivity contribution in [1.82, 2.24) is 34.3 Å². The van der Waals surface area contributed by atoms with Crippen LogP contribution in [-0.4, -0.2) is 71.2 Å². The highest BCUT2D eigenvalue weighted by atomic mass is 19.1.